The molecule has 0 radical (unpaired) electrons. The predicted molar refractivity (Wildman–Crippen MR) is 137 cm³/mol. The van der Waals surface area contributed by atoms with Crippen LogP contribution in [0.2, 0.25) is 18.1 Å². The van der Waals surface area contributed by atoms with Crippen LogP contribution in [0, 0.1) is 18.3 Å². The van der Waals surface area contributed by atoms with Crippen LogP contribution in [0.15, 0.2) is 23.3 Å². The van der Waals surface area contributed by atoms with Crippen molar-refractivity contribution in [2.24, 2.45) is 11.3 Å². The molecule has 0 aliphatic carbocycles. The number of methoxy groups -OCH3 is 1. The third-order valence-corrected chi connectivity index (χ3v) is 12.6. The Hall–Kier alpha value is -1.22. The quantitative estimate of drug-likeness (QED) is 0.205. The lowest BCUT2D eigenvalue weighted by Crippen LogP contribution is -2.49. The zero-order chi connectivity index (χ0) is 25.0. The smallest absolute Gasteiger partial charge is 0.303 e. The van der Waals surface area contributed by atoms with Crippen LogP contribution in [-0.4, -0.2) is 46.2 Å². The average molecular weight is 543 g/mol. The Labute approximate surface area is 208 Å². The summed E-state index contributed by atoms with van der Waals surface area (Å²) in [4.78, 5) is 16.9. The number of aromatic nitrogens is 1. The highest BCUT2D eigenvalue weighted by Gasteiger charge is 2.48. The predicted octanol–water partition coefficient (Wildman–Crippen LogP) is 6.39. The molecule has 0 amide bonds. The molecule has 2 unspecified atom stereocenters. The van der Waals surface area contributed by atoms with E-state index in [1.165, 1.54) is 6.92 Å². The third kappa shape index (κ3) is 6.27. The first-order valence-corrected chi connectivity index (χ1v) is 15.2. The van der Waals surface area contributed by atoms with Gasteiger partial charge in [-0.3, -0.25) is 9.78 Å². The fraction of sp³-hybridized carbons (Fsp3) is 0.680. The number of carbonyl (C=O) groups is 1. The summed E-state index contributed by atoms with van der Waals surface area (Å²) in [6, 6.07) is 0. The number of ether oxygens (including phenoxy) is 3. The molecule has 0 aromatic carbocycles. The molecule has 1 saturated heterocycles. The molecule has 1 aromatic rings. The number of nitrogens with zero attached hydrogens (tertiary/aromatic N) is 1. The normalized spacial score (nSPS) is 18.3. The maximum absolute atomic E-state index is 12.3. The summed E-state index contributed by atoms with van der Waals surface area (Å²) in [5.74, 6) is 0.0100. The Morgan fingerprint density at radius 2 is 1.97 bits per heavy atom. The van der Waals surface area contributed by atoms with Crippen molar-refractivity contribution in [1.29, 1.82) is 0 Å². The van der Waals surface area contributed by atoms with E-state index in [9.17, 15) is 4.79 Å². The Morgan fingerprint density at radius 1 is 1.36 bits per heavy atom. The van der Waals surface area contributed by atoms with Crippen LogP contribution in [0.1, 0.15) is 57.9 Å². The van der Waals surface area contributed by atoms with Gasteiger partial charge in [-0.25, -0.2) is 0 Å². The average Bonchev–Trinajstić information content (AvgIpc) is 2.73. The molecule has 2 atom stereocenters. The number of esters is 1. The van der Waals surface area contributed by atoms with Gasteiger partial charge in [-0.15, -0.1) is 6.58 Å². The van der Waals surface area contributed by atoms with E-state index in [4.69, 9.17) is 18.6 Å². The summed E-state index contributed by atoms with van der Waals surface area (Å²) >= 11 is 3.53. The Morgan fingerprint density at radius 3 is 2.45 bits per heavy atom. The van der Waals surface area contributed by atoms with E-state index in [1.54, 1.807) is 13.3 Å². The molecular weight excluding hydrogens is 502 g/mol. The fourth-order valence-corrected chi connectivity index (χ4v) is 5.47. The van der Waals surface area contributed by atoms with E-state index in [2.05, 4.69) is 61.4 Å². The van der Waals surface area contributed by atoms with Gasteiger partial charge in [0.2, 0.25) is 0 Å². The molecule has 1 aliphatic heterocycles. The zero-order valence-electron chi connectivity index (χ0n) is 21.4. The van der Waals surface area contributed by atoms with E-state index in [0.717, 1.165) is 22.9 Å². The molecule has 8 heteroatoms. The van der Waals surface area contributed by atoms with Gasteiger partial charge in [0, 0.05) is 54.3 Å². The SMILES string of the molecule is C=CC(C(OC(C)=O)c1ncc(Br)c(C)c1OC)C1(CO[Si](C)(C)C(C)(C)C)CCOCC1. The summed E-state index contributed by atoms with van der Waals surface area (Å²) < 4.78 is 25.0. The van der Waals surface area contributed by atoms with Gasteiger partial charge >= 0.3 is 5.97 Å². The second-order valence-corrected chi connectivity index (χ2v) is 16.1. The van der Waals surface area contributed by atoms with Crippen LogP contribution < -0.4 is 4.74 Å². The zero-order valence-corrected chi connectivity index (χ0v) is 24.0. The highest BCUT2D eigenvalue weighted by Crippen LogP contribution is 2.50. The van der Waals surface area contributed by atoms with Crippen LogP contribution in [0.4, 0.5) is 0 Å². The lowest BCUT2D eigenvalue weighted by atomic mass is 9.67. The Balaban J connectivity index is 2.58. The Kier molecular flexibility index (Phi) is 9.35. The van der Waals surface area contributed by atoms with Gasteiger partial charge in [-0.2, -0.15) is 0 Å². The summed E-state index contributed by atoms with van der Waals surface area (Å²) in [5.41, 5.74) is 1.20. The first kappa shape index (κ1) is 28.0. The lowest BCUT2D eigenvalue weighted by molar-refractivity contribution is -0.155. The number of hydrogen-bond donors (Lipinski definition) is 0. The number of carbonyl (C=O) groups excluding carboxylic acids is 1. The summed E-state index contributed by atoms with van der Waals surface area (Å²) in [7, 11) is -0.395. The molecule has 33 heavy (non-hydrogen) atoms. The first-order chi connectivity index (χ1) is 15.3. The summed E-state index contributed by atoms with van der Waals surface area (Å²) in [5, 5.41) is 0.0892. The first-order valence-electron chi connectivity index (χ1n) is 11.5. The molecular formula is C25H40BrNO5Si. The maximum Gasteiger partial charge on any atom is 0.303 e. The molecule has 2 rings (SSSR count). The van der Waals surface area contributed by atoms with Gasteiger partial charge in [-0.05, 0) is 53.8 Å². The number of rotatable bonds is 9. The second kappa shape index (κ2) is 11.0. The van der Waals surface area contributed by atoms with Crippen LogP contribution in [0.25, 0.3) is 0 Å². The van der Waals surface area contributed by atoms with Crippen LogP contribution in [0.5, 0.6) is 5.75 Å². The molecule has 186 valence electrons. The molecule has 0 bridgehead atoms. The van der Waals surface area contributed by atoms with Crippen molar-refractivity contribution in [3.8, 4) is 5.75 Å². The molecule has 1 aromatic heterocycles. The third-order valence-electron chi connectivity index (χ3n) is 7.32. The molecule has 0 saturated carbocycles. The molecule has 0 spiro atoms. The van der Waals surface area contributed by atoms with Crippen LogP contribution >= 0.6 is 15.9 Å². The van der Waals surface area contributed by atoms with Crippen LogP contribution in [0.3, 0.4) is 0 Å². The monoisotopic (exact) mass is 541 g/mol. The molecule has 1 fully saturated rings. The highest BCUT2D eigenvalue weighted by atomic mass is 79.9. The van der Waals surface area contributed by atoms with Gasteiger partial charge in [-0.1, -0.05) is 26.8 Å². The van der Waals surface area contributed by atoms with Crippen molar-refractivity contribution in [3.63, 3.8) is 0 Å². The minimum absolute atomic E-state index is 0.0892. The Bertz CT molecular complexity index is 846. The standard InChI is InChI=1S/C25H40BrNO5Si/c1-10-19(23(32-18(3)28)21-22(29-7)17(2)20(26)15-27-21)25(11-13-30-14-12-25)16-31-33(8,9)24(4,5)6/h10,15,19,23H,1,11-14,16H2,2-9H3. The van der Waals surface area contributed by atoms with Gasteiger partial charge in [0.1, 0.15) is 11.4 Å². The molecule has 2 heterocycles. The van der Waals surface area contributed by atoms with Crippen molar-refractivity contribution in [1.82, 2.24) is 4.98 Å². The van der Waals surface area contributed by atoms with Crippen LogP contribution in [-0.2, 0) is 18.7 Å². The summed E-state index contributed by atoms with van der Waals surface area (Å²) in [6.45, 7) is 20.6. The van der Waals surface area contributed by atoms with Gasteiger partial charge in [0.25, 0.3) is 0 Å². The second-order valence-electron chi connectivity index (χ2n) is 10.5. The summed E-state index contributed by atoms with van der Waals surface area (Å²) in [6.07, 6.45) is 4.55. The van der Waals surface area contributed by atoms with E-state index in [-0.39, 0.29) is 22.3 Å². The highest BCUT2D eigenvalue weighted by molar-refractivity contribution is 9.10. The number of hydrogen-bond acceptors (Lipinski definition) is 6. The van der Waals surface area contributed by atoms with E-state index < -0.39 is 14.4 Å². The molecule has 0 N–H and O–H groups in total. The van der Waals surface area contributed by atoms with Gasteiger partial charge in [0.05, 0.1) is 7.11 Å². The minimum atomic E-state index is -2.00. The van der Waals surface area contributed by atoms with E-state index >= 15 is 0 Å². The van der Waals surface area contributed by atoms with Crippen molar-refractivity contribution >= 4 is 30.2 Å². The van der Waals surface area contributed by atoms with Crippen molar-refractivity contribution in [3.05, 3.63) is 34.6 Å². The van der Waals surface area contributed by atoms with E-state index in [0.29, 0.717) is 31.3 Å². The van der Waals surface area contributed by atoms with Crippen molar-refractivity contribution < 1.29 is 23.4 Å². The van der Waals surface area contributed by atoms with Crippen molar-refractivity contribution in [2.45, 2.75) is 71.7 Å². The number of halogens is 1. The molecule has 6 nitrogen and oxygen atoms in total. The fourth-order valence-electron chi connectivity index (χ4n) is 4.11. The lowest BCUT2D eigenvalue weighted by Gasteiger charge is -2.47. The van der Waals surface area contributed by atoms with Gasteiger partial charge in [0.15, 0.2) is 14.4 Å². The number of pyridine rings is 1. The largest absolute Gasteiger partial charge is 0.494 e. The van der Waals surface area contributed by atoms with Gasteiger partial charge < -0.3 is 18.6 Å². The van der Waals surface area contributed by atoms with E-state index in [1.807, 2.05) is 13.0 Å². The topological polar surface area (TPSA) is 66.9 Å². The maximum atomic E-state index is 12.3. The van der Waals surface area contributed by atoms with Crippen molar-refractivity contribution in [2.75, 3.05) is 26.9 Å². The molecule has 1 aliphatic rings. The minimum Gasteiger partial charge on any atom is -0.494 e.